The number of hydrogen-bond acceptors (Lipinski definition) is 5. The predicted octanol–water partition coefficient (Wildman–Crippen LogP) is 1.65. The molecule has 0 aromatic rings. The maximum absolute atomic E-state index is 12.8. The number of barbiturate groups is 1. The van der Waals surface area contributed by atoms with Gasteiger partial charge in [0.2, 0.25) is 11.8 Å². The molecule has 3 fully saturated rings. The Bertz CT molecular complexity index is 548. The Morgan fingerprint density at radius 1 is 1.17 bits per heavy atom. The van der Waals surface area contributed by atoms with E-state index in [9.17, 15) is 14.4 Å². The van der Waals surface area contributed by atoms with Gasteiger partial charge in [-0.1, -0.05) is 19.3 Å². The van der Waals surface area contributed by atoms with Gasteiger partial charge in [0.05, 0.1) is 12.6 Å². The van der Waals surface area contributed by atoms with Crippen molar-refractivity contribution in [2.45, 2.75) is 64.0 Å². The van der Waals surface area contributed by atoms with E-state index < -0.39 is 23.8 Å². The first kappa shape index (κ1) is 17.1. The van der Waals surface area contributed by atoms with E-state index in [2.05, 4.69) is 10.3 Å². The lowest BCUT2D eigenvalue weighted by atomic mass is 9.91. The monoisotopic (exact) mass is 335 g/mol. The first-order valence-electron chi connectivity index (χ1n) is 8.88. The summed E-state index contributed by atoms with van der Waals surface area (Å²) in [5.74, 6) is -1.99. The van der Waals surface area contributed by atoms with E-state index in [0.29, 0.717) is 12.3 Å². The fourth-order valence-electron chi connectivity index (χ4n) is 3.77. The minimum absolute atomic E-state index is 0.0674. The van der Waals surface area contributed by atoms with Gasteiger partial charge in [-0.3, -0.25) is 24.8 Å². The Labute approximate surface area is 141 Å². The van der Waals surface area contributed by atoms with Crippen LogP contribution < -0.4 is 5.32 Å². The van der Waals surface area contributed by atoms with E-state index in [1.165, 1.54) is 4.90 Å². The van der Waals surface area contributed by atoms with E-state index in [-0.39, 0.29) is 12.1 Å². The second kappa shape index (κ2) is 7.42. The summed E-state index contributed by atoms with van der Waals surface area (Å²) < 4.78 is 5.52. The minimum atomic E-state index is -0.994. The molecule has 24 heavy (non-hydrogen) atoms. The molecule has 3 rings (SSSR count). The van der Waals surface area contributed by atoms with Crippen LogP contribution >= 0.6 is 0 Å². The van der Waals surface area contributed by atoms with Crippen molar-refractivity contribution < 1.29 is 19.1 Å². The third-order valence-corrected chi connectivity index (χ3v) is 5.12. The highest BCUT2D eigenvalue weighted by Gasteiger charge is 2.45. The van der Waals surface area contributed by atoms with Crippen molar-refractivity contribution in [2.24, 2.45) is 10.9 Å². The van der Waals surface area contributed by atoms with E-state index in [1.807, 2.05) is 0 Å². The molecular formula is C17H25N3O4. The van der Waals surface area contributed by atoms with Crippen molar-refractivity contribution in [3.05, 3.63) is 0 Å². The third kappa shape index (κ3) is 3.50. The van der Waals surface area contributed by atoms with Crippen molar-refractivity contribution in [3.63, 3.8) is 0 Å². The van der Waals surface area contributed by atoms with Gasteiger partial charge in [0, 0.05) is 18.4 Å². The molecule has 0 spiro atoms. The predicted molar refractivity (Wildman–Crippen MR) is 87.7 cm³/mol. The molecule has 1 aliphatic carbocycles. The molecular weight excluding hydrogens is 310 g/mol. The summed E-state index contributed by atoms with van der Waals surface area (Å²) in [6, 6.07) is -0.687. The lowest BCUT2D eigenvalue weighted by Crippen LogP contribution is -2.62. The Kier molecular flexibility index (Phi) is 5.28. The van der Waals surface area contributed by atoms with Gasteiger partial charge in [-0.2, -0.15) is 0 Å². The maximum Gasteiger partial charge on any atom is 0.331 e. The number of carbonyl (C=O) groups is 3. The fraction of sp³-hybridized carbons (Fsp3) is 0.765. The van der Waals surface area contributed by atoms with E-state index in [4.69, 9.17) is 4.74 Å². The minimum Gasteiger partial charge on any atom is -0.376 e. The van der Waals surface area contributed by atoms with Crippen LogP contribution in [0.15, 0.2) is 4.99 Å². The Hall–Kier alpha value is -1.76. The summed E-state index contributed by atoms with van der Waals surface area (Å²) >= 11 is 0. The maximum atomic E-state index is 12.8. The number of hydrogen-bond donors (Lipinski definition) is 1. The first-order chi connectivity index (χ1) is 11.6. The topological polar surface area (TPSA) is 88.1 Å². The molecule has 7 nitrogen and oxygen atoms in total. The molecule has 132 valence electrons. The number of aliphatic imine (C=N–C) groups is 1. The molecule has 0 aromatic carbocycles. The average molecular weight is 335 g/mol. The lowest BCUT2D eigenvalue weighted by Gasteiger charge is -2.37. The number of amides is 4. The number of imide groups is 2. The molecule has 0 aromatic heterocycles. The molecule has 1 N–H and O–H groups in total. The fourth-order valence-corrected chi connectivity index (χ4v) is 3.77. The number of rotatable bonds is 4. The van der Waals surface area contributed by atoms with Crippen LogP contribution in [0.5, 0.6) is 0 Å². The molecule has 7 heteroatoms. The Morgan fingerprint density at radius 3 is 2.58 bits per heavy atom. The van der Waals surface area contributed by atoms with Gasteiger partial charge in [0.1, 0.15) is 0 Å². The summed E-state index contributed by atoms with van der Waals surface area (Å²) in [6.45, 7) is 2.89. The summed E-state index contributed by atoms with van der Waals surface area (Å²) in [4.78, 5) is 42.8. The van der Waals surface area contributed by atoms with Crippen molar-refractivity contribution in [3.8, 4) is 0 Å². The number of nitrogens with one attached hydrogen (secondary N) is 1. The van der Waals surface area contributed by atoms with E-state index in [0.717, 1.165) is 51.6 Å². The van der Waals surface area contributed by atoms with Crippen LogP contribution in [0, 0.1) is 5.92 Å². The van der Waals surface area contributed by atoms with Crippen LogP contribution in [0.4, 0.5) is 4.79 Å². The van der Waals surface area contributed by atoms with Crippen molar-refractivity contribution >= 4 is 23.6 Å². The number of urea groups is 1. The number of nitrogens with zero attached hydrogens (tertiary/aromatic N) is 2. The van der Waals surface area contributed by atoms with Crippen LogP contribution in [0.1, 0.15) is 51.9 Å². The first-order valence-corrected chi connectivity index (χ1v) is 8.88. The lowest BCUT2D eigenvalue weighted by molar-refractivity contribution is -0.141. The highest BCUT2D eigenvalue weighted by atomic mass is 16.5. The summed E-state index contributed by atoms with van der Waals surface area (Å²) in [7, 11) is 0. The molecule has 0 radical (unpaired) electrons. The van der Waals surface area contributed by atoms with Crippen molar-refractivity contribution in [1.82, 2.24) is 10.2 Å². The van der Waals surface area contributed by atoms with Crippen LogP contribution in [-0.2, 0) is 14.3 Å². The van der Waals surface area contributed by atoms with Crippen LogP contribution in [0.25, 0.3) is 0 Å². The molecule has 2 aliphatic heterocycles. The Morgan fingerprint density at radius 2 is 1.92 bits per heavy atom. The van der Waals surface area contributed by atoms with Crippen molar-refractivity contribution in [2.75, 3.05) is 13.2 Å². The molecule has 2 saturated heterocycles. The van der Waals surface area contributed by atoms with Gasteiger partial charge in [-0.25, -0.2) is 4.79 Å². The smallest absolute Gasteiger partial charge is 0.331 e. The summed E-state index contributed by atoms with van der Waals surface area (Å²) in [6.07, 6.45) is 6.81. The van der Waals surface area contributed by atoms with Crippen LogP contribution in [0.3, 0.4) is 0 Å². The second-order valence-corrected chi connectivity index (χ2v) is 6.84. The normalized spacial score (nSPS) is 30.0. The standard InChI is InChI=1S/C17H25N3O4/c1-11(18-10-13-8-5-9-24-13)14-15(21)19-17(23)20(16(14)22)12-6-3-2-4-7-12/h12-14H,2-10H2,1H3,(H,19,21,23)/t13-,14?/m0/s1. The number of carbonyl (C=O) groups excluding carboxylic acids is 3. The summed E-state index contributed by atoms with van der Waals surface area (Å²) in [5, 5.41) is 2.33. The van der Waals surface area contributed by atoms with E-state index in [1.54, 1.807) is 6.92 Å². The summed E-state index contributed by atoms with van der Waals surface area (Å²) in [5.41, 5.74) is 0.460. The van der Waals surface area contributed by atoms with Gasteiger partial charge in [0.15, 0.2) is 5.92 Å². The molecule has 1 unspecified atom stereocenters. The zero-order chi connectivity index (χ0) is 17.1. The molecule has 3 aliphatic rings. The highest BCUT2D eigenvalue weighted by Crippen LogP contribution is 2.26. The zero-order valence-corrected chi connectivity index (χ0v) is 14.1. The highest BCUT2D eigenvalue weighted by molar-refractivity contribution is 6.27. The quantitative estimate of drug-likeness (QED) is 0.625. The molecule has 0 bridgehead atoms. The average Bonchev–Trinajstić information content (AvgIpc) is 3.07. The van der Waals surface area contributed by atoms with Crippen LogP contribution in [-0.4, -0.2) is 53.8 Å². The molecule has 2 heterocycles. The molecule has 2 atom stereocenters. The van der Waals surface area contributed by atoms with Crippen LogP contribution in [0.2, 0.25) is 0 Å². The SMILES string of the molecule is CC(=NC[C@@H]1CCCO1)C1C(=O)NC(=O)N(C2CCCCC2)C1=O. The van der Waals surface area contributed by atoms with Gasteiger partial charge in [-0.05, 0) is 32.6 Å². The largest absolute Gasteiger partial charge is 0.376 e. The molecule has 1 saturated carbocycles. The van der Waals surface area contributed by atoms with Gasteiger partial charge >= 0.3 is 6.03 Å². The third-order valence-electron chi connectivity index (χ3n) is 5.12. The number of ether oxygens (including phenoxy) is 1. The van der Waals surface area contributed by atoms with Crippen molar-refractivity contribution in [1.29, 1.82) is 0 Å². The zero-order valence-electron chi connectivity index (χ0n) is 14.1. The van der Waals surface area contributed by atoms with Gasteiger partial charge in [-0.15, -0.1) is 0 Å². The Balaban J connectivity index is 1.73. The molecule has 4 amide bonds. The van der Waals surface area contributed by atoms with E-state index >= 15 is 0 Å². The van der Waals surface area contributed by atoms with Gasteiger partial charge in [0.25, 0.3) is 0 Å². The van der Waals surface area contributed by atoms with Gasteiger partial charge < -0.3 is 4.74 Å². The second-order valence-electron chi connectivity index (χ2n) is 6.84.